The van der Waals surface area contributed by atoms with Crippen LogP contribution in [0.3, 0.4) is 0 Å². The van der Waals surface area contributed by atoms with E-state index in [0.29, 0.717) is 0 Å². The van der Waals surface area contributed by atoms with Gasteiger partial charge in [-0.05, 0) is 25.8 Å². The lowest BCUT2D eigenvalue weighted by Crippen LogP contribution is -2.53. The summed E-state index contributed by atoms with van der Waals surface area (Å²) in [6, 6.07) is 0.443. The minimum atomic E-state index is -5.90. The molecular formula is C23H26FN6O9P. The van der Waals surface area contributed by atoms with E-state index in [2.05, 4.69) is 30.1 Å². The lowest BCUT2D eigenvalue weighted by Gasteiger charge is -2.37. The number of aromatic nitrogens is 3. The van der Waals surface area contributed by atoms with Gasteiger partial charge in [0.05, 0.1) is 34.4 Å². The number of rotatable bonds is 10. The average molecular weight is 592 g/mol. The number of pyridine rings is 1. The summed E-state index contributed by atoms with van der Waals surface area (Å²) in [6.45, 7) is -12.1. The van der Waals surface area contributed by atoms with Crippen molar-refractivity contribution >= 4 is 42.8 Å². The Balaban J connectivity index is 1.91. The molecule has 0 bridgehead atoms. The standard InChI is InChI=1S/C23H26FN6O9P/c1-23(2)21(31)30(11-38-40(32,33)34)20-14(39-23)6-7-17(28-20)27-19-13(24)10-25-22(29-19)26-12-8-15(35-3)18(37-5)16(9-12)36-4/h6-10H,11H2,1-5H3,(H2,32,33,34)(H2,25,26,27,28,29)/i1D3,2D3,6D,7D,10D,11D2. The summed E-state index contributed by atoms with van der Waals surface area (Å²) in [6.07, 6.45) is -1.04. The molecule has 4 N–H and O–H groups in total. The molecule has 1 aromatic carbocycles. The molecule has 0 atom stereocenters. The highest BCUT2D eigenvalue weighted by Crippen LogP contribution is 2.42. The molecule has 3 heterocycles. The van der Waals surface area contributed by atoms with E-state index in [-0.39, 0.29) is 22.9 Å². The van der Waals surface area contributed by atoms with Crippen LogP contribution in [-0.4, -0.2) is 64.3 Å². The van der Waals surface area contributed by atoms with Gasteiger partial charge in [-0.15, -0.1) is 0 Å². The largest absolute Gasteiger partial charge is 0.493 e. The Bertz CT molecular complexity index is 1890. The Morgan fingerprint density at radius 2 is 1.88 bits per heavy atom. The fraction of sp³-hybridized carbons (Fsp3) is 0.304. The Kier molecular flexibility index (Phi) is 4.84. The number of carbonyl (C=O) groups is 1. The second-order valence-corrected chi connectivity index (χ2v) is 8.61. The summed E-state index contributed by atoms with van der Waals surface area (Å²) in [5.74, 6) is -8.17. The number of hydrogen-bond donors (Lipinski definition) is 4. The van der Waals surface area contributed by atoms with Crippen molar-refractivity contribution in [2.24, 2.45) is 0 Å². The molecule has 17 heteroatoms. The third-order valence-corrected chi connectivity index (χ3v) is 5.10. The summed E-state index contributed by atoms with van der Waals surface area (Å²) < 4.78 is 140. The van der Waals surface area contributed by atoms with Crippen molar-refractivity contribution in [3.05, 3.63) is 36.2 Å². The highest BCUT2D eigenvalue weighted by atomic mass is 31.2. The smallest absolute Gasteiger partial charge is 0.471 e. The van der Waals surface area contributed by atoms with Crippen LogP contribution in [-0.2, 0) is 13.9 Å². The van der Waals surface area contributed by atoms with Crippen LogP contribution in [0.15, 0.2) is 30.4 Å². The second kappa shape index (κ2) is 11.1. The van der Waals surface area contributed by atoms with Crippen LogP contribution in [0.5, 0.6) is 23.0 Å². The molecule has 0 fully saturated rings. The van der Waals surface area contributed by atoms with E-state index in [1.165, 1.54) is 33.5 Å². The van der Waals surface area contributed by atoms with Gasteiger partial charge in [0.15, 0.2) is 40.3 Å². The van der Waals surface area contributed by atoms with E-state index < -0.39 is 97.8 Å². The molecule has 0 radical (unpaired) electrons. The van der Waals surface area contributed by atoms with E-state index in [9.17, 15) is 19.1 Å². The number of carbonyl (C=O) groups excluding carboxylic acids is 1. The molecule has 15 nitrogen and oxygen atoms in total. The molecule has 0 saturated carbocycles. The quantitative estimate of drug-likeness (QED) is 0.252. The van der Waals surface area contributed by atoms with Gasteiger partial charge in [0.1, 0.15) is 12.5 Å². The topological polar surface area (TPSA) is 187 Å². The first kappa shape index (κ1) is 17.5. The minimum Gasteiger partial charge on any atom is -0.493 e. The molecule has 0 saturated heterocycles. The van der Waals surface area contributed by atoms with Crippen LogP contribution in [0.25, 0.3) is 0 Å². The van der Waals surface area contributed by atoms with Crippen LogP contribution in [0.1, 0.15) is 28.8 Å². The Labute approximate surface area is 242 Å². The highest BCUT2D eigenvalue weighted by molar-refractivity contribution is 7.46. The number of benzene rings is 1. The number of amides is 1. The first-order valence-corrected chi connectivity index (χ1v) is 12.1. The summed E-state index contributed by atoms with van der Waals surface area (Å²) in [5, 5.41) is 4.85. The molecule has 1 aliphatic rings. The minimum absolute atomic E-state index is 0.175. The van der Waals surface area contributed by atoms with E-state index in [4.69, 9.17) is 34.0 Å². The van der Waals surface area contributed by atoms with Gasteiger partial charge in [-0.3, -0.25) is 14.2 Å². The molecule has 4 rings (SSSR count). The number of hydrogen-bond acceptors (Lipinski definition) is 12. The van der Waals surface area contributed by atoms with Crippen molar-refractivity contribution in [2.45, 2.75) is 19.3 Å². The van der Waals surface area contributed by atoms with Crippen molar-refractivity contribution in [3.63, 3.8) is 0 Å². The van der Waals surface area contributed by atoms with Crippen LogP contribution in [0.2, 0.25) is 0 Å². The zero-order valence-corrected chi connectivity index (χ0v) is 21.4. The maximum Gasteiger partial charge on any atom is 0.471 e. The monoisotopic (exact) mass is 591 g/mol. The SMILES string of the molecule is [2H]c1nc(Nc2cc(OC)c(OC)c(OC)c2)nc(Nc2nc3c(c([2H])c2[2H])OC(C([2H])([2H])[2H])(C([2H])([2H])[2H])C(=O)N3C([2H])([2H])OP(=O)(O)O)c1F. The highest BCUT2D eigenvalue weighted by Gasteiger charge is 2.42. The lowest BCUT2D eigenvalue weighted by atomic mass is 10.1. The molecule has 3 aromatic rings. The third kappa shape index (κ3) is 6.15. The number of ether oxygens (including phenoxy) is 4. The summed E-state index contributed by atoms with van der Waals surface area (Å²) in [4.78, 5) is 43.2. The number of nitrogens with zero attached hydrogens (tertiary/aromatic N) is 4. The van der Waals surface area contributed by atoms with E-state index in [1.807, 2.05) is 0 Å². The zero-order chi connectivity index (χ0) is 38.6. The van der Waals surface area contributed by atoms with Gasteiger partial charge in [0.2, 0.25) is 11.7 Å². The van der Waals surface area contributed by atoms with Gasteiger partial charge in [0.25, 0.3) is 5.91 Å². The number of nitrogens with one attached hydrogen (secondary N) is 2. The molecule has 214 valence electrons. The summed E-state index contributed by atoms with van der Waals surface area (Å²) in [7, 11) is -1.88. The van der Waals surface area contributed by atoms with Crippen molar-refractivity contribution < 1.29 is 62.1 Å². The average Bonchev–Trinajstić information content (AvgIpc) is 2.98. The lowest BCUT2D eigenvalue weighted by molar-refractivity contribution is -0.133. The first-order valence-electron chi connectivity index (χ1n) is 16.0. The number of fused-ring (bicyclic) bond motifs is 1. The second-order valence-electron chi connectivity index (χ2n) is 7.45. The van der Waals surface area contributed by atoms with E-state index in [1.54, 1.807) is 0 Å². The number of phosphoric ester groups is 1. The molecule has 0 aliphatic carbocycles. The fourth-order valence-electron chi connectivity index (χ4n) is 3.14. The summed E-state index contributed by atoms with van der Waals surface area (Å²) >= 11 is 0. The van der Waals surface area contributed by atoms with Crippen LogP contribution in [0, 0.1) is 5.82 Å². The van der Waals surface area contributed by atoms with E-state index >= 15 is 4.39 Å². The van der Waals surface area contributed by atoms with Gasteiger partial charge in [-0.2, -0.15) is 4.98 Å². The van der Waals surface area contributed by atoms with Crippen LogP contribution >= 0.6 is 7.82 Å². The van der Waals surface area contributed by atoms with Crippen LogP contribution < -0.4 is 34.5 Å². The van der Waals surface area contributed by atoms with Gasteiger partial charge >= 0.3 is 7.82 Å². The van der Waals surface area contributed by atoms with Gasteiger partial charge < -0.3 is 39.4 Å². The fourth-order valence-corrected chi connectivity index (χ4v) is 3.32. The maximum absolute atomic E-state index is 15.2. The Hall–Kier alpha value is -4.24. The molecular weight excluding hydrogens is 554 g/mol. The molecule has 0 unspecified atom stereocenters. The van der Waals surface area contributed by atoms with Crippen molar-refractivity contribution in [1.29, 1.82) is 0 Å². The zero-order valence-electron chi connectivity index (χ0n) is 31.5. The van der Waals surface area contributed by atoms with Gasteiger partial charge in [-0.25, -0.2) is 18.9 Å². The van der Waals surface area contributed by atoms with Crippen molar-refractivity contribution in [3.8, 4) is 23.0 Å². The Morgan fingerprint density at radius 3 is 2.48 bits per heavy atom. The van der Waals surface area contributed by atoms with Crippen LogP contribution in [0.4, 0.5) is 33.5 Å². The van der Waals surface area contributed by atoms with Crippen molar-refractivity contribution in [1.82, 2.24) is 15.0 Å². The number of halogens is 1. The predicted molar refractivity (Wildman–Crippen MR) is 139 cm³/mol. The van der Waals surface area contributed by atoms with Gasteiger partial charge in [-0.1, -0.05) is 0 Å². The normalized spacial score (nSPS) is 19.2. The Morgan fingerprint density at radius 1 is 1.18 bits per heavy atom. The van der Waals surface area contributed by atoms with E-state index in [0.717, 1.165) is 0 Å². The predicted octanol–water partition coefficient (Wildman–Crippen LogP) is 3.09. The molecule has 2 aromatic heterocycles. The number of methoxy groups -OCH3 is 3. The molecule has 0 spiro atoms. The third-order valence-electron chi connectivity index (χ3n) is 4.78. The number of anilines is 5. The first-order chi connectivity index (χ1) is 23.3. The molecule has 1 aliphatic heterocycles. The van der Waals surface area contributed by atoms with Crippen molar-refractivity contribution in [2.75, 3.05) is 43.5 Å². The number of phosphoric acid groups is 1. The molecule has 40 heavy (non-hydrogen) atoms. The maximum atomic E-state index is 15.2. The molecule has 1 amide bonds. The van der Waals surface area contributed by atoms with Gasteiger partial charge in [0, 0.05) is 26.0 Å². The summed E-state index contributed by atoms with van der Waals surface area (Å²) in [5.41, 5.74) is -3.85.